The molecule has 25 heavy (non-hydrogen) atoms. The van der Waals surface area contributed by atoms with E-state index in [2.05, 4.69) is 14.9 Å². The second-order valence-electron chi connectivity index (χ2n) is 6.09. The van der Waals surface area contributed by atoms with Crippen LogP contribution in [0.3, 0.4) is 0 Å². The van der Waals surface area contributed by atoms with Gasteiger partial charge in [-0.05, 0) is 30.7 Å². The predicted octanol–water partition coefficient (Wildman–Crippen LogP) is 2.86. The number of hydrogen-bond acceptors (Lipinski definition) is 5. The highest BCUT2D eigenvalue weighted by Gasteiger charge is 2.21. The van der Waals surface area contributed by atoms with Crippen molar-refractivity contribution in [3.05, 3.63) is 54.2 Å². The summed E-state index contributed by atoms with van der Waals surface area (Å²) < 4.78 is 21.3. The zero-order chi connectivity index (χ0) is 17.4. The molecule has 4 rings (SSSR count). The molecule has 1 saturated heterocycles. The molecule has 6 nitrogen and oxygen atoms in total. The molecule has 1 aliphatic heterocycles. The van der Waals surface area contributed by atoms with Crippen molar-refractivity contribution in [3.63, 3.8) is 0 Å². The molecule has 0 saturated carbocycles. The number of anilines is 2. The maximum Gasteiger partial charge on any atom is 0.180 e. The quantitative estimate of drug-likeness (QED) is 0.635. The van der Waals surface area contributed by atoms with Crippen LogP contribution in [0.2, 0.25) is 0 Å². The second-order valence-corrected chi connectivity index (χ2v) is 6.09. The zero-order valence-electron chi connectivity index (χ0n) is 13.4. The molecule has 1 aliphatic rings. The van der Waals surface area contributed by atoms with Gasteiger partial charge < -0.3 is 24.8 Å². The van der Waals surface area contributed by atoms with E-state index in [0.717, 1.165) is 11.9 Å². The molecule has 1 fully saturated rings. The van der Waals surface area contributed by atoms with Crippen molar-refractivity contribution in [2.75, 3.05) is 18.5 Å². The highest BCUT2D eigenvalue weighted by atomic mass is 19.1. The number of pyridine rings is 1. The maximum absolute atomic E-state index is 13.8. The third-order valence-electron chi connectivity index (χ3n) is 4.50. The lowest BCUT2D eigenvalue weighted by Gasteiger charge is -2.12. The Balaban J connectivity index is 1.80. The lowest BCUT2D eigenvalue weighted by Crippen LogP contribution is -2.07. The lowest BCUT2D eigenvalue weighted by molar-refractivity contribution is -0.0419. The molecule has 2 aromatic heterocycles. The van der Waals surface area contributed by atoms with Crippen LogP contribution in [0.15, 0.2) is 42.9 Å². The fourth-order valence-corrected chi connectivity index (χ4v) is 3.25. The number of nitrogens with one attached hydrogen (secondary N) is 1. The largest absolute Gasteiger partial charge is 0.379 e. The molecule has 0 radical (unpaired) electrons. The molecule has 3 aromatic rings. The van der Waals surface area contributed by atoms with E-state index in [0.29, 0.717) is 35.5 Å². The molecular weight excluding hydrogens is 325 g/mol. The maximum atomic E-state index is 13.8. The first-order valence-electron chi connectivity index (χ1n) is 8.08. The van der Waals surface area contributed by atoms with Crippen LogP contribution < -0.4 is 5.32 Å². The molecule has 0 bridgehead atoms. The van der Waals surface area contributed by atoms with Crippen LogP contribution in [0.5, 0.6) is 0 Å². The predicted molar refractivity (Wildman–Crippen MR) is 91.1 cm³/mol. The SMILES string of the molecule is OC(O)c1ccncc1Nc1cn(C2CCOC2)c2ccc(F)cc12. The van der Waals surface area contributed by atoms with Gasteiger partial charge in [-0.1, -0.05) is 0 Å². The van der Waals surface area contributed by atoms with Crippen molar-refractivity contribution < 1.29 is 19.3 Å². The number of hydrogen-bond donors (Lipinski definition) is 3. The molecule has 0 aliphatic carbocycles. The van der Waals surface area contributed by atoms with E-state index in [9.17, 15) is 14.6 Å². The number of aliphatic hydroxyl groups excluding tert-OH is 1. The third kappa shape index (κ3) is 2.97. The summed E-state index contributed by atoms with van der Waals surface area (Å²) >= 11 is 0. The number of aromatic nitrogens is 2. The number of fused-ring (bicyclic) bond motifs is 1. The Bertz CT molecular complexity index is 904. The first-order chi connectivity index (χ1) is 12.1. The average molecular weight is 343 g/mol. The Kier molecular flexibility index (Phi) is 4.12. The highest BCUT2D eigenvalue weighted by molar-refractivity contribution is 5.95. The summed E-state index contributed by atoms with van der Waals surface area (Å²) in [6.07, 6.45) is 4.17. The summed E-state index contributed by atoms with van der Waals surface area (Å²) in [6.45, 7) is 1.33. The van der Waals surface area contributed by atoms with E-state index >= 15 is 0 Å². The van der Waals surface area contributed by atoms with Gasteiger partial charge in [-0.15, -0.1) is 0 Å². The first kappa shape index (κ1) is 16.0. The van der Waals surface area contributed by atoms with Crippen LogP contribution in [0, 0.1) is 5.82 Å². The number of halogens is 1. The lowest BCUT2D eigenvalue weighted by atomic mass is 10.2. The van der Waals surface area contributed by atoms with Crippen molar-refractivity contribution in [2.24, 2.45) is 0 Å². The van der Waals surface area contributed by atoms with Crippen LogP contribution in [0.1, 0.15) is 24.3 Å². The first-order valence-corrected chi connectivity index (χ1v) is 8.08. The molecule has 7 heteroatoms. The Hall–Kier alpha value is -2.48. The molecule has 0 spiro atoms. The van der Waals surface area contributed by atoms with Gasteiger partial charge in [-0.3, -0.25) is 4.98 Å². The minimum atomic E-state index is -1.63. The summed E-state index contributed by atoms with van der Waals surface area (Å²) in [5, 5.41) is 22.9. The fraction of sp³-hybridized carbons (Fsp3) is 0.278. The molecule has 130 valence electrons. The van der Waals surface area contributed by atoms with Crippen LogP contribution in [-0.2, 0) is 4.74 Å². The third-order valence-corrected chi connectivity index (χ3v) is 4.50. The topological polar surface area (TPSA) is 79.5 Å². The average Bonchev–Trinajstić information content (AvgIpc) is 3.23. The molecule has 1 unspecified atom stereocenters. The van der Waals surface area contributed by atoms with Crippen molar-refractivity contribution >= 4 is 22.3 Å². The van der Waals surface area contributed by atoms with Gasteiger partial charge in [-0.2, -0.15) is 0 Å². The summed E-state index contributed by atoms with van der Waals surface area (Å²) in [5.74, 6) is -0.329. The number of benzene rings is 1. The smallest absolute Gasteiger partial charge is 0.180 e. The monoisotopic (exact) mass is 343 g/mol. The summed E-state index contributed by atoms with van der Waals surface area (Å²) in [4.78, 5) is 4.02. The highest BCUT2D eigenvalue weighted by Crippen LogP contribution is 2.35. The molecule has 3 N–H and O–H groups in total. The minimum absolute atomic E-state index is 0.195. The van der Waals surface area contributed by atoms with Gasteiger partial charge in [0.2, 0.25) is 0 Å². The van der Waals surface area contributed by atoms with E-state index in [1.807, 2.05) is 6.20 Å². The van der Waals surface area contributed by atoms with E-state index < -0.39 is 6.29 Å². The van der Waals surface area contributed by atoms with Gasteiger partial charge in [0.05, 0.1) is 35.7 Å². The van der Waals surface area contributed by atoms with Crippen LogP contribution >= 0.6 is 0 Å². The van der Waals surface area contributed by atoms with Crippen LogP contribution in [0.4, 0.5) is 15.8 Å². The number of rotatable bonds is 4. The van der Waals surface area contributed by atoms with Gasteiger partial charge in [-0.25, -0.2) is 4.39 Å². The van der Waals surface area contributed by atoms with Gasteiger partial charge in [0, 0.05) is 30.0 Å². The van der Waals surface area contributed by atoms with Crippen LogP contribution in [-0.4, -0.2) is 33.0 Å². The molecule has 0 amide bonds. The van der Waals surface area contributed by atoms with Gasteiger partial charge in [0.15, 0.2) is 6.29 Å². The van der Waals surface area contributed by atoms with Crippen molar-refractivity contribution in [1.82, 2.24) is 9.55 Å². The second kappa shape index (κ2) is 6.44. The van der Waals surface area contributed by atoms with E-state index in [-0.39, 0.29) is 11.9 Å². The Morgan fingerprint density at radius 1 is 1.28 bits per heavy atom. The van der Waals surface area contributed by atoms with E-state index in [1.54, 1.807) is 6.07 Å². The molecule has 3 heterocycles. The van der Waals surface area contributed by atoms with Crippen LogP contribution in [0.25, 0.3) is 10.9 Å². The zero-order valence-corrected chi connectivity index (χ0v) is 13.4. The molecule has 1 atom stereocenters. The molecule has 1 aromatic carbocycles. The van der Waals surface area contributed by atoms with Gasteiger partial charge in [0.1, 0.15) is 5.82 Å². The normalized spacial score (nSPS) is 17.5. The van der Waals surface area contributed by atoms with Crippen molar-refractivity contribution in [3.8, 4) is 0 Å². The van der Waals surface area contributed by atoms with Gasteiger partial charge in [0.25, 0.3) is 0 Å². The Morgan fingerprint density at radius 3 is 2.92 bits per heavy atom. The van der Waals surface area contributed by atoms with E-state index in [1.165, 1.54) is 30.6 Å². The van der Waals surface area contributed by atoms with Crippen molar-refractivity contribution in [2.45, 2.75) is 18.8 Å². The fourth-order valence-electron chi connectivity index (χ4n) is 3.25. The van der Waals surface area contributed by atoms with Crippen molar-refractivity contribution in [1.29, 1.82) is 0 Å². The number of nitrogens with zero attached hydrogens (tertiary/aromatic N) is 2. The Morgan fingerprint density at radius 2 is 2.16 bits per heavy atom. The number of ether oxygens (including phenoxy) is 1. The summed E-state index contributed by atoms with van der Waals surface area (Å²) in [7, 11) is 0. The van der Waals surface area contributed by atoms with E-state index in [4.69, 9.17) is 4.74 Å². The standard InChI is InChI=1S/C18H18FN3O3/c19-11-1-2-17-14(7-11)16(9-22(17)12-4-6-25-10-12)21-15-8-20-5-3-13(15)18(23)24/h1-3,5,7-9,12,18,21,23-24H,4,6,10H2. The minimum Gasteiger partial charge on any atom is -0.379 e. The Labute approximate surface area is 143 Å². The molecular formula is C18H18FN3O3. The van der Waals surface area contributed by atoms with Gasteiger partial charge >= 0.3 is 0 Å². The summed E-state index contributed by atoms with van der Waals surface area (Å²) in [5.41, 5.74) is 2.34. The number of aliphatic hydroxyl groups is 2. The summed E-state index contributed by atoms with van der Waals surface area (Å²) in [6, 6.07) is 6.37.